The Labute approximate surface area is 679 Å². The van der Waals surface area contributed by atoms with Crippen LogP contribution < -0.4 is 21.3 Å². The van der Waals surface area contributed by atoms with Crippen LogP contribution in [0.15, 0.2) is 433 Å². The minimum Gasteiger partial charge on any atom is -0.456 e. The first-order chi connectivity index (χ1) is 57.4. The van der Waals surface area contributed by atoms with Crippen LogP contribution in [-0.4, -0.2) is 0 Å². The molecule has 0 saturated carbocycles. The molecule has 0 spiro atoms. The predicted molar refractivity (Wildman–Crippen MR) is 499 cm³/mol. The van der Waals surface area contributed by atoms with Crippen molar-refractivity contribution >= 4 is 185 Å². The van der Waals surface area contributed by atoms with Gasteiger partial charge in [0.2, 0.25) is 0 Å². The van der Waals surface area contributed by atoms with Crippen LogP contribution >= 0.6 is 22.7 Å². The molecule has 0 aliphatic rings. The van der Waals surface area contributed by atoms with Crippen molar-refractivity contribution in [3.63, 3.8) is 0 Å². The Bertz CT molecular complexity index is 7500. The molecule has 0 unspecified atom stereocenters. The van der Waals surface area contributed by atoms with E-state index in [1.807, 2.05) is 71.2 Å². The minimum absolute atomic E-state index is 0.913. The van der Waals surface area contributed by atoms with Crippen molar-refractivity contribution in [2.24, 2.45) is 0 Å². The summed E-state index contributed by atoms with van der Waals surface area (Å²) in [6, 6.07) is 149. The van der Waals surface area contributed by atoms with E-state index in [2.05, 4.69) is 397 Å². The molecule has 8 heteroatoms. The molecule has 19 aromatic carbocycles. The number of thiophene rings is 2. The monoisotopic (exact) mass is 1520 g/mol. The second kappa shape index (κ2) is 31.4. The van der Waals surface area contributed by atoms with Gasteiger partial charge in [0, 0.05) is 102 Å². The van der Waals surface area contributed by atoms with Gasteiger partial charge in [-0.3, -0.25) is 0 Å². The minimum atomic E-state index is 0.913. The number of para-hydroxylation sites is 2. The maximum atomic E-state index is 5.95. The van der Waals surface area contributed by atoms with Crippen molar-refractivity contribution in [2.75, 3.05) is 21.3 Å². The van der Waals surface area contributed by atoms with Gasteiger partial charge in [-0.25, -0.2) is 0 Å². The average molecular weight is 1520 g/mol. The highest BCUT2D eigenvalue weighted by molar-refractivity contribution is 7.26. The molecule has 0 radical (unpaired) electrons. The van der Waals surface area contributed by atoms with Crippen LogP contribution in [0.3, 0.4) is 0 Å². The standard InChI is InChI=1S/C30H21NS.C28H19NO.C26H17NS.C24H17NO/c1-3-7-21(8-4-1)23-11-14-25(15-12-23)31-26-16-18-30-28(20-26)27-19-24(13-17-29(27)32-30)22-9-5-2-6-10-22;1-2-8-23-20(6-1)7-5-10-26(23)29-22-15-12-19(13-16-22)21-14-17-28-25(18-21)24-9-3-4-11-27(24)30-28;1-2-8-19-16-20(14-12-17(19)6-1)27-23-11-5-10-22-25-21-9-4-3-7-18(21)13-15-24(25)28-26(22)23;1-2-6-17(7-3-1)18-10-12-19(13-11-18)25-20-14-15-24-22(16-20)21-8-4-5-9-23(21)26-24/h1-20,31H;1-18,29H;1-16,27H;1-16,25H. The van der Waals surface area contributed by atoms with Crippen molar-refractivity contribution in [1.82, 2.24) is 0 Å². The molecule has 23 aromatic rings. The van der Waals surface area contributed by atoms with E-state index in [1.54, 1.807) is 0 Å². The Balaban J connectivity index is 0.000000100. The fraction of sp³-hybridized carbons (Fsp3) is 0. The third-order valence-corrected chi connectivity index (χ3v) is 23.9. The van der Waals surface area contributed by atoms with Crippen molar-refractivity contribution < 1.29 is 8.83 Å². The Morgan fingerprint density at radius 3 is 1.16 bits per heavy atom. The predicted octanol–water partition coefficient (Wildman–Crippen LogP) is 32.4. The van der Waals surface area contributed by atoms with E-state index in [-0.39, 0.29) is 0 Å². The van der Waals surface area contributed by atoms with Crippen LogP contribution in [0.2, 0.25) is 0 Å². The summed E-state index contributed by atoms with van der Waals surface area (Å²) in [6.07, 6.45) is 0. The van der Waals surface area contributed by atoms with Gasteiger partial charge in [-0.15, -0.1) is 22.7 Å². The Hall–Kier alpha value is -14.8. The number of benzene rings is 19. The lowest BCUT2D eigenvalue weighted by Crippen LogP contribution is -1.91. The molecule has 0 fully saturated rings. The molecule has 0 saturated heterocycles. The Morgan fingerprint density at radius 1 is 0.172 bits per heavy atom. The van der Waals surface area contributed by atoms with E-state index in [0.29, 0.717) is 0 Å². The van der Waals surface area contributed by atoms with Crippen LogP contribution in [0.1, 0.15) is 0 Å². The molecule has 550 valence electrons. The van der Waals surface area contributed by atoms with Gasteiger partial charge in [-0.1, -0.05) is 285 Å². The van der Waals surface area contributed by atoms with E-state index in [9.17, 15) is 0 Å². The van der Waals surface area contributed by atoms with Gasteiger partial charge in [0.05, 0.1) is 10.4 Å². The lowest BCUT2D eigenvalue weighted by Gasteiger charge is -2.11. The summed E-state index contributed by atoms with van der Waals surface area (Å²) >= 11 is 3.72. The topological polar surface area (TPSA) is 74.4 Å². The Kier molecular flexibility index (Phi) is 19.0. The van der Waals surface area contributed by atoms with E-state index in [0.717, 1.165) is 89.4 Å². The van der Waals surface area contributed by atoms with Gasteiger partial charge >= 0.3 is 0 Å². The third kappa shape index (κ3) is 14.6. The quantitative estimate of drug-likeness (QED) is 0.0977. The molecule has 116 heavy (non-hydrogen) atoms. The third-order valence-electron chi connectivity index (χ3n) is 21.6. The number of anilines is 8. The second-order valence-electron chi connectivity index (χ2n) is 29.0. The summed E-state index contributed by atoms with van der Waals surface area (Å²) in [4.78, 5) is 0. The first-order valence-corrected chi connectivity index (χ1v) is 40.7. The zero-order valence-electron chi connectivity index (χ0n) is 63.0. The number of hydrogen-bond acceptors (Lipinski definition) is 8. The van der Waals surface area contributed by atoms with Crippen molar-refractivity contribution in [1.29, 1.82) is 0 Å². The number of furan rings is 2. The van der Waals surface area contributed by atoms with Gasteiger partial charge in [0.15, 0.2) is 0 Å². The fourth-order valence-electron chi connectivity index (χ4n) is 15.8. The smallest absolute Gasteiger partial charge is 0.135 e. The molecule has 0 aliphatic heterocycles. The molecular weight excluding hydrogens is 1450 g/mol. The van der Waals surface area contributed by atoms with Crippen molar-refractivity contribution in [3.8, 4) is 44.5 Å². The summed E-state index contributed by atoms with van der Waals surface area (Å²) in [6.45, 7) is 0. The molecule has 0 bridgehead atoms. The molecule has 0 atom stereocenters. The first kappa shape index (κ1) is 70.3. The van der Waals surface area contributed by atoms with Crippen LogP contribution in [0.5, 0.6) is 0 Å². The second-order valence-corrected chi connectivity index (χ2v) is 31.1. The normalized spacial score (nSPS) is 11.3. The molecular formula is C108H74N4O2S2. The molecule has 4 heterocycles. The van der Waals surface area contributed by atoms with Crippen molar-refractivity contribution in [2.45, 2.75) is 0 Å². The molecule has 0 aliphatic carbocycles. The van der Waals surface area contributed by atoms with E-state index >= 15 is 0 Å². The highest BCUT2D eigenvalue weighted by Crippen LogP contribution is 2.44. The molecule has 6 nitrogen and oxygen atoms in total. The van der Waals surface area contributed by atoms with Crippen LogP contribution in [0, 0.1) is 0 Å². The zero-order valence-corrected chi connectivity index (χ0v) is 64.7. The summed E-state index contributed by atoms with van der Waals surface area (Å²) in [5.41, 5.74) is 22.3. The molecule has 23 rings (SSSR count). The first-order valence-electron chi connectivity index (χ1n) is 39.1. The average Bonchev–Trinajstić information content (AvgIpc) is 1.60. The zero-order chi connectivity index (χ0) is 77.1. The molecule has 4 N–H and O–H groups in total. The van der Waals surface area contributed by atoms with E-state index < -0.39 is 0 Å². The Morgan fingerprint density at radius 2 is 0.526 bits per heavy atom. The number of nitrogens with one attached hydrogen (secondary N) is 4. The summed E-state index contributed by atoms with van der Waals surface area (Å²) < 4.78 is 17.1. The summed E-state index contributed by atoms with van der Waals surface area (Å²) in [5, 5.41) is 31.8. The fourth-order valence-corrected chi connectivity index (χ4v) is 18.0. The molecule has 0 amide bonds. The van der Waals surface area contributed by atoms with E-state index in [1.165, 1.54) is 117 Å². The lowest BCUT2D eigenvalue weighted by atomic mass is 10.0. The largest absolute Gasteiger partial charge is 0.456 e. The highest BCUT2D eigenvalue weighted by Gasteiger charge is 2.16. The molecule has 4 aromatic heterocycles. The van der Waals surface area contributed by atoms with Gasteiger partial charge in [0.25, 0.3) is 0 Å². The number of hydrogen-bond donors (Lipinski definition) is 4. The number of rotatable bonds is 12. The highest BCUT2D eigenvalue weighted by atomic mass is 32.1. The van der Waals surface area contributed by atoms with Gasteiger partial charge in [-0.05, 0) is 211 Å². The lowest BCUT2D eigenvalue weighted by molar-refractivity contribution is 0.668. The van der Waals surface area contributed by atoms with Gasteiger partial charge in [0.1, 0.15) is 22.3 Å². The maximum Gasteiger partial charge on any atom is 0.135 e. The number of fused-ring (bicyclic) bond motifs is 16. The van der Waals surface area contributed by atoms with Gasteiger partial charge in [-0.2, -0.15) is 0 Å². The van der Waals surface area contributed by atoms with E-state index in [4.69, 9.17) is 8.83 Å². The SMILES string of the molecule is c1ccc(-c2ccc(Nc3ccc4oc5ccccc5c4c3)cc2)cc1.c1ccc(-c2ccc(Nc3ccc4sc5ccc(-c6ccccc6)cc5c4c3)cc2)cc1.c1ccc2c(Nc3ccc(-c4ccc5oc6ccccc6c5c4)cc3)cccc2c1.c1ccc2cc(Nc3cccc4c3sc3ccc5ccccc5c34)ccc2c1. The summed E-state index contributed by atoms with van der Waals surface area (Å²) in [7, 11) is 0. The van der Waals surface area contributed by atoms with Gasteiger partial charge < -0.3 is 30.1 Å². The maximum absolute atomic E-state index is 5.95. The van der Waals surface area contributed by atoms with Crippen LogP contribution in [0.4, 0.5) is 45.5 Å². The van der Waals surface area contributed by atoms with Crippen molar-refractivity contribution in [3.05, 3.63) is 425 Å². The van der Waals surface area contributed by atoms with Crippen LogP contribution in [0.25, 0.3) is 161 Å². The summed E-state index contributed by atoms with van der Waals surface area (Å²) in [5.74, 6) is 0. The van der Waals surface area contributed by atoms with Crippen LogP contribution in [-0.2, 0) is 0 Å².